The number of nitrogens with zero attached hydrogens (tertiary/aromatic N) is 1. The van der Waals surface area contributed by atoms with Gasteiger partial charge < -0.3 is 17.8 Å². The third kappa shape index (κ3) is 6.70. The van der Waals surface area contributed by atoms with Gasteiger partial charge in [-0.1, -0.05) is 78.9 Å². The molecule has 1 aliphatic rings. The molecule has 0 aromatic heterocycles. The molecule has 0 spiro atoms. The number of ether oxygens (including phenoxy) is 2. The summed E-state index contributed by atoms with van der Waals surface area (Å²) in [6.07, 6.45) is 0. The molecule has 0 amide bonds. The Kier molecular flexibility index (Phi) is 9.56. The molecule has 0 N–H and O–H groups in total. The molecule has 0 saturated heterocycles. The van der Waals surface area contributed by atoms with Crippen molar-refractivity contribution < 1.29 is 61.0 Å². The molecule has 0 saturated carbocycles. The number of hydrogen-bond acceptors (Lipinski definition) is 9. The van der Waals surface area contributed by atoms with Gasteiger partial charge in [0.15, 0.2) is 0 Å². The second-order valence-corrected chi connectivity index (χ2v) is 14.6. The smallest absolute Gasteiger partial charge is 0.497 e. The van der Waals surface area contributed by atoms with Crippen LogP contribution in [0.5, 0.6) is 23.0 Å². The maximum atomic E-state index is 13.8. The Morgan fingerprint density at radius 2 is 1.06 bits per heavy atom. The van der Waals surface area contributed by atoms with E-state index in [9.17, 15) is 43.2 Å². The van der Waals surface area contributed by atoms with Crippen molar-refractivity contribution in [1.82, 2.24) is 4.90 Å². The molecule has 1 aliphatic heterocycles. The zero-order valence-corrected chi connectivity index (χ0v) is 28.6. The van der Waals surface area contributed by atoms with Crippen LogP contribution < -0.4 is 17.8 Å². The molecular weight excluding hydrogens is 741 g/mol. The molecule has 52 heavy (non-hydrogen) atoms. The monoisotopic (exact) mass is 767 g/mol. The zero-order valence-electron chi connectivity index (χ0n) is 27.0. The lowest BCUT2D eigenvalue weighted by atomic mass is 9.79. The van der Waals surface area contributed by atoms with Crippen LogP contribution >= 0.6 is 0 Å². The lowest BCUT2D eigenvalue weighted by Gasteiger charge is -2.45. The first kappa shape index (κ1) is 36.8. The average molecular weight is 768 g/mol. The van der Waals surface area contributed by atoms with Gasteiger partial charge >= 0.3 is 31.3 Å². The summed E-state index contributed by atoms with van der Waals surface area (Å²) in [5, 5.41) is 0.132. The summed E-state index contributed by atoms with van der Waals surface area (Å²) >= 11 is 0. The van der Waals surface area contributed by atoms with Crippen LogP contribution in [-0.4, -0.2) is 47.0 Å². The van der Waals surface area contributed by atoms with E-state index in [0.29, 0.717) is 28.2 Å². The van der Waals surface area contributed by atoms with Crippen molar-refractivity contribution in [3.8, 4) is 23.0 Å². The van der Waals surface area contributed by atoms with E-state index >= 15 is 0 Å². The topological polar surface area (TPSA) is 108 Å². The van der Waals surface area contributed by atoms with Gasteiger partial charge in [-0.05, 0) is 40.1 Å². The van der Waals surface area contributed by atoms with Crippen molar-refractivity contribution >= 4 is 31.0 Å². The highest BCUT2D eigenvalue weighted by molar-refractivity contribution is 7.88. The standard InChI is InChI=1S/C35H27F6NO8S2/c1-47-25-16-13-24(28(19-25)48-2)20-42-32(22-9-5-3-6-10-22)30-26(49-51(43,44)34(36,37)38)17-14-21-15-18-27(50-52(45,46)35(39,40)41)31(29(21)30)33(42)23-11-7-4-8-12-23/h3-19,32-33H,20H2,1-2H3/t32-,33+. The average Bonchev–Trinajstić information content (AvgIpc) is 3.09. The Labute approximate surface area is 294 Å². The fourth-order valence-corrected chi connectivity index (χ4v) is 7.24. The van der Waals surface area contributed by atoms with Crippen molar-refractivity contribution in [2.45, 2.75) is 29.6 Å². The Hall–Kier alpha value is -5.00. The SMILES string of the molecule is COc1ccc(CN2[C@H](c3ccccc3)c3c(OS(=O)(=O)C(F)(F)F)ccc4ccc(OS(=O)(=O)C(F)(F)F)c(c34)[C@@H]2c2ccccc2)c(OC)c1. The largest absolute Gasteiger partial charge is 0.534 e. The van der Waals surface area contributed by atoms with Gasteiger partial charge in [0.1, 0.15) is 23.0 Å². The first-order valence-electron chi connectivity index (χ1n) is 15.1. The summed E-state index contributed by atoms with van der Waals surface area (Å²) in [5.74, 6) is -0.889. The highest BCUT2D eigenvalue weighted by Gasteiger charge is 2.51. The molecule has 17 heteroatoms. The molecule has 0 bridgehead atoms. The van der Waals surface area contributed by atoms with Crippen LogP contribution in [0.3, 0.4) is 0 Å². The van der Waals surface area contributed by atoms with Crippen LogP contribution in [0.2, 0.25) is 0 Å². The second kappa shape index (κ2) is 13.5. The molecule has 5 aromatic carbocycles. The van der Waals surface area contributed by atoms with Gasteiger partial charge in [0.05, 0.1) is 26.3 Å². The maximum absolute atomic E-state index is 13.8. The van der Waals surface area contributed by atoms with E-state index in [-0.39, 0.29) is 28.4 Å². The van der Waals surface area contributed by atoms with Crippen molar-refractivity contribution in [2.24, 2.45) is 0 Å². The molecule has 2 atom stereocenters. The highest BCUT2D eigenvalue weighted by Crippen LogP contribution is 2.55. The number of hydrogen-bond donors (Lipinski definition) is 0. The molecule has 6 rings (SSSR count). The minimum absolute atomic E-state index is 0.0783. The van der Waals surface area contributed by atoms with E-state index in [1.165, 1.54) is 26.4 Å². The van der Waals surface area contributed by atoms with Crippen LogP contribution in [0.4, 0.5) is 26.3 Å². The van der Waals surface area contributed by atoms with Crippen LogP contribution in [0.15, 0.2) is 103 Å². The predicted molar refractivity (Wildman–Crippen MR) is 177 cm³/mol. The number of alkyl halides is 6. The van der Waals surface area contributed by atoms with Gasteiger partial charge in [-0.15, -0.1) is 0 Å². The van der Waals surface area contributed by atoms with Gasteiger partial charge in [-0.2, -0.15) is 43.2 Å². The molecule has 1 heterocycles. The third-order valence-corrected chi connectivity index (χ3v) is 10.4. The number of benzene rings is 5. The molecule has 0 fully saturated rings. The highest BCUT2D eigenvalue weighted by atomic mass is 32.2. The number of rotatable bonds is 10. The Morgan fingerprint density at radius 1 is 0.596 bits per heavy atom. The van der Waals surface area contributed by atoms with Crippen LogP contribution in [-0.2, 0) is 26.8 Å². The van der Waals surface area contributed by atoms with Crippen molar-refractivity contribution in [3.63, 3.8) is 0 Å². The number of methoxy groups -OCH3 is 2. The minimum Gasteiger partial charge on any atom is -0.497 e. The van der Waals surface area contributed by atoms with Gasteiger partial charge in [-0.25, -0.2) is 0 Å². The van der Waals surface area contributed by atoms with E-state index in [2.05, 4.69) is 0 Å². The zero-order chi connectivity index (χ0) is 37.6. The van der Waals surface area contributed by atoms with Gasteiger partial charge in [0, 0.05) is 29.3 Å². The normalized spacial score (nSPS) is 16.8. The molecule has 5 aromatic rings. The fraction of sp³-hybridized carbons (Fsp3) is 0.200. The van der Waals surface area contributed by atoms with Crippen LogP contribution in [0, 0.1) is 0 Å². The Morgan fingerprint density at radius 3 is 1.46 bits per heavy atom. The van der Waals surface area contributed by atoms with Gasteiger partial charge in [0.2, 0.25) is 0 Å². The van der Waals surface area contributed by atoms with E-state index < -0.39 is 54.8 Å². The maximum Gasteiger partial charge on any atom is 0.534 e. The first-order valence-corrected chi connectivity index (χ1v) is 18.0. The van der Waals surface area contributed by atoms with E-state index in [4.69, 9.17) is 17.8 Å². The van der Waals surface area contributed by atoms with Crippen molar-refractivity contribution in [1.29, 1.82) is 0 Å². The summed E-state index contributed by atoms with van der Waals surface area (Å²) in [4.78, 5) is 1.66. The third-order valence-electron chi connectivity index (χ3n) is 8.44. The number of halogens is 6. The van der Waals surface area contributed by atoms with E-state index in [1.807, 2.05) is 0 Å². The second-order valence-electron chi connectivity index (χ2n) is 11.5. The van der Waals surface area contributed by atoms with Gasteiger partial charge in [-0.3, -0.25) is 4.90 Å². The molecule has 0 aliphatic carbocycles. The van der Waals surface area contributed by atoms with Crippen LogP contribution in [0.25, 0.3) is 10.8 Å². The minimum atomic E-state index is -6.29. The fourth-order valence-electron chi connectivity index (χ4n) is 6.28. The predicted octanol–water partition coefficient (Wildman–Crippen LogP) is 8.01. The Bertz CT molecular complexity index is 2210. The van der Waals surface area contributed by atoms with Crippen LogP contribution in [0.1, 0.15) is 39.9 Å². The van der Waals surface area contributed by atoms with Crippen molar-refractivity contribution in [2.75, 3.05) is 14.2 Å². The molecule has 274 valence electrons. The molecule has 0 unspecified atom stereocenters. The summed E-state index contributed by atoms with van der Waals surface area (Å²) in [5.41, 5.74) is -10.8. The first-order chi connectivity index (χ1) is 24.5. The summed E-state index contributed by atoms with van der Waals surface area (Å²) in [6.45, 7) is -0.159. The summed E-state index contributed by atoms with van der Waals surface area (Å²) in [6, 6.07) is 23.3. The lowest BCUT2D eigenvalue weighted by molar-refractivity contribution is -0.0504. The molecular formula is C35H27F6NO8S2. The van der Waals surface area contributed by atoms with E-state index in [0.717, 1.165) is 12.1 Å². The Balaban J connectivity index is 1.77. The van der Waals surface area contributed by atoms with Gasteiger partial charge in [0.25, 0.3) is 0 Å². The molecule has 9 nitrogen and oxygen atoms in total. The summed E-state index contributed by atoms with van der Waals surface area (Å²) < 4.78 is 153. The lowest BCUT2D eigenvalue weighted by Crippen LogP contribution is -2.38. The quantitative estimate of drug-likeness (QED) is 0.0794. The van der Waals surface area contributed by atoms with E-state index in [1.54, 1.807) is 83.8 Å². The van der Waals surface area contributed by atoms with Crippen molar-refractivity contribution in [3.05, 3.63) is 131 Å². The summed E-state index contributed by atoms with van der Waals surface area (Å²) in [7, 11) is -9.77. The molecule has 0 radical (unpaired) electrons.